The number of hydrogen-bond acceptors (Lipinski definition) is 10. The zero-order valence-electron chi connectivity index (χ0n) is 19.2. The van der Waals surface area contributed by atoms with Crippen molar-refractivity contribution in [1.82, 2.24) is 5.16 Å². The standard InChI is InChI=1S/C21H26N2O8S3/c1-15-16(2)31-22-20(15)23(14-29-11-10-28-3)34(26,27)21-19(9-12-32-21)18-7-5-17(6-8-18)13-30-33(4,24)25/h5-9,12H,10-11,13-14H2,1-4H3. The van der Waals surface area contributed by atoms with E-state index >= 15 is 0 Å². The molecule has 0 saturated carbocycles. The first-order valence-electron chi connectivity index (χ1n) is 10.1. The second kappa shape index (κ2) is 11.0. The summed E-state index contributed by atoms with van der Waals surface area (Å²) >= 11 is 1.08. The van der Waals surface area contributed by atoms with Gasteiger partial charge in [0.1, 0.15) is 16.7 Å². The van der Waals surface area contributed by atoms with Crippen LogP contribution in [0.1, 0.15) is 16.9 Å². The Morgan fingerprint density at radius 2 is 1.76 bits per heavy atom. The molecule has 0 amide bonds. The smallest absolute Gasteiger partial charge is 0.277 e. The number of aryl methyl sites for hydroxylation is 1. The van der Waals surface area contributed by atoms with Crippen molar-refractivity contribution in [3.8, 4) is 11.1 Å². The van der Waals surface area contributed by atoms with Crippen molar-refractivity contribution in [1.29, 1.82) is 0 Å². The molecule has 0 atom stereocenters. The lowest BCUT2D eigenvalue weighted by Gasteiger charge is -2.22. The minimum atomic E-state index is -4.07. The van der Waals surface area contributed by atoms with E-state index in [-0.39, 0.29) is 30.0 Å². The zero-order valence-corrected chi connectivity index (χ0v) is 21.6. The third-order valence-corrected chi connectivity index (χ3v) is 8.59. The molecule has 10 nitrogen and oxygen atoms in total. The van der Waals surface area contributed by atoms with Gasteiger partial charge in [0.15, 0.2) is 5.82 Å². The Morgan fingerprint density at radius 3 is 2.35 bits per heavy atom. The highest BCUT2D eigenvalue weighted by Crippen LogP contribution is 2.36. The minimum absolute atomic E-state index is 0.106. The molecule has 1 aromatic carbocycles. The number of rotatable bonds is 12. The van der Waals surface area contributed by atoms with Crippen molar-refractivity contribution in [3.05, 3.63) is 52.6 Å². The Kier molecular flexibility index (Phi) is 8.49. The highest BCUT2D eigenvalue weighted by molar-refractivity contribution is 7.94. The number of nitrogens with zero attached hydrogens (tertiary/aromatic N) is 2. The van der Waals surface area contributed by atoms with Gasteiger partial charge in [-0.05, 0) is 36.4 Å². The summed E-state index contributed by atoms with van der Waals surface area (Å²) in [5.41, 5.74) is 2.37. The van der Waals surface area contributed by atoms with Gasteiger partial charge in [0, 0.05) is 18.2 Å². The molecule has 0 radical (unpaired) electrons. The van der Waals surface area contributed by atoms with Gasteiger partial charge in [-0.1, -0.05) is 29.4 Å². The average Bonchev–Trinajstić information content (AvgIpc) is 3.40. The molecule has 0 saturated heterocycles. The van der Waals surface area contributed by atoms with Crippen molar-refractivity contribution >= 4 is 37.3 Å². The first kappa shape index (κ1) is 26.3. The topological polar surface area (TPSA) is 125 Å². The highest BCUT2D eigenvalue weighted by Gasteiger charge is 2.33. The quantitative estimate of drug-likeness (QED) is 0.197. The Bertz CT molecular complexity index is 1310. The van der Waals surface area contributed by atoms with E-state index in [0.717, 1.165) is 21.9 Å². The number of methoxy groups -OCH3 is 1. The van der Waals surface area contributed by atoms with Gasteiger partial charge in [0.05, 0.1) is 26.1 Å². The normalized spacial score (nSPS) is 12.2. The molecule has 34 heavy (non-hydrogen) atoms. The molecule has 0 bridgehead atoms. The fourth-order valence-electron chi connectivity index (χ4n) is 2.94. The fraction of sp³-hybridized carbons (Fsp3) is 0.381. The van der Waals surface area contributed by atoms with Crippen LogP contribution < -0.4 is 4.31 Å². The summed E-state index contributed by atoms with van der Waals surface area (Å²) in [7, 11) is -6.11. The van der Waals surface area contributed by atoms with Gasteiger partial charge < -0.3 is 14.0 Å². The molecule has 2 aromatic heterocycles. The molecule has 0 aliphatic rings. The van der Waals surface area contributed by atoms with E-state index in [1.807, 2.05) is 0 Å². The maximum Gasteiger partial charge on any atom is 0.277 e. The lowest BCUT2D eigenvalue weighted by molar-refractivity contribution is 0.0753. The van der Waals surface area contributed by atoms with Crippen LogP contribution in [0.25, 0.3) is 11.1 Å². The molecule has 2 heterocycles. The largest absolute Gasteiger partial charge is 0.382 e. The summed E-state index contributed by atoms with van der Waals surface area (Å²) in [5, 5.41) is 5.64. The number of hydrogen-bond donors (Lipinski definition) is 0. The number of anilines is 1. The van der Waals surface area contributed by atoms with Crippen LogP contribution in [-0.2, 0) is 40.4 Å². The Balaban J connectivity index is 1.93. The monoisotopic (exact) mass is 530 g/mol. The van der Waals surface area contributed by atoms with Gasteiger partial charge in [-0.25, -0.2) is 12.7 Å². The molecule has 3 aromatic rings. The van der Waals surface area contributed by atoms with Gasteiger partial charge >= 0.3 is 0 Å². The maximum atomic E-state index is 13.7. The van der Waals surface area contributed by atoms with Crippen molar-refractivity contribution < 1.29 is 35.0 Å². The highest BCUT2D eigenvalue weighted by atomic mass is 32.2. The van der Waals surface area contributed by atoms with Crippen LogP contribution in [0.2, 0.25) is 0 Å². The molecule has 0 N–H and O–H groups in total. The fourth-order valence-corrected chi connectivity index (χ4v) is 6.13. The van der Waals surface area contributed by atoms with E-state index < -0.39 is 20.1 Å². The third kappa shape index (κ3) is 6.23. The van der Waals surface area contributed by atoms with Crippen LogP contribution in [-0.4, -0.2) is 55.3 Å². The van der Waals surface area contributed by atoms with Crippen LogP contribution in [0.3, 0.4) is 0 Å². The number of ether oxygens (including phenoxy) is 2. The van der Waals surface area contributed by atoms with Gasteiger partial charge in [0.25, 0.3) is 20.1 Å². The third-order valence-electron chi connectivity index (χ3n) is 4.87. The van der Waals surface area contributed by atoms with Crippen LogP contribution in [0.5, 0.6) is 0 Å². The van der Waals surface area contributed by atoms with Crippen molar-refractivity contribution in [2.45, 2.75) is 24.7 Å². The average molecular weight is 531 g/mol. The number of sulfonamides is 1. The first-order valence-corrected chi connectivity index (χ1v) is 14.2. The summed E-state index contributed by atoms with van der Waals surface area (Å²) in [4.78, 5) is 0. The van der Waals surface area contributed by atoms with E-state index in [4.69, 9.17) is 18.2 Å². The summed E-state index contributed by atoms with van der Waals surface area (Å²) in [6.07, 6.45) is 0.979. The van der Waals surface area contributed by atoms with Crippen LogP contribution in [0.4, 0.5) is 5.82 Å². The van der Waals surface area contributed by atoms with Crippen molar-refractivity contribution in [3.63, 3.8) is 0 Å². The molecule has 0 aliphatic heterocycles. The van der Waals surface area contributed by atoms with Crippen LogP contribution in [0, 0.1) is 13.8 Å². The molecule has 0 fully saturated rings. The predicted molar refractivity (Wildman–Crippen MR) is 128 cm³/mol. The van der Waals surface area contributed by atoms with E-state index in [1.54, 1.807) is 49.6 Å². The lowest BCUT2D eigenvalue weighted by Crippen LogP contribution is -2.34. The summed E-state index contributed by atoms with van der Waals surface area (Å²) in [6.45, 7) is 3.57. The van der Waals surface area contributed by atoms with E-state index in [1.165, 1.54) is 7.11 Å². The first-order chi connectivity index (χ1) is 16.0. The zero-order chi connectivity index (χ0) is 24.9. The van der Waals surface area contributed by atoms with Gasteiger partial charge in [0.2, 0.25) is 0 Å². The van der Waals surface area contributed by atoms with Crippen molar-refractivity contribution in [2.24, 2.45) is 0 Å². The Labute approximate surface area is 203 Å². The lowest BCUT2D eigenvalue weighted by atomic mass is 10.1. The van der Waals surface area contributed by atoms with E-state index in [9.17, 15) is 16.8 Å². The summed E-state index contributed by atoms with van der Waals surface area (Å²) in [6, 6.07) is 8.51. The Morgan fingerprint density at radius 1 is 1.06 bits per heavy atom. The number of aromatic nitrogens is 1. The molecule has 186 valence electrons. The molecule has 0 spiro atoms. The van der Waals surface area contributed by atoms with E-state index in [0.29, 0.717) is 34.6 Å². The number of benzene rings is 1. The van der Waals surface area contributed by atoms with Crippen LogP contribution >= 0.6 is 11.3 Å². The Hall–Kier alpha value is -2.29. The molecule has 3 rings (SSSR count). The SMILES string of the molecule is COCCOCN(c1noc(C)c1C)S(=O)(=O)c1sccc1-c1ccc(COS(C)(=O)=O)cc1. The molecular formula is C21H26N2O8S3. The van der Waals surface area contributed by atoms with E-state index in [2.05, 4.69) is 5.16 Å². The minimum Gasteiger partial charge on any atom is -0.382 e. The molecule has 0 unspecified atom stereocenters. The molecule has 13 heteroatoms. The second-order valence-corrected chi connectivity index (χ2v) is 12.0. The van der Waals surface area contributed by atoms with Crippen LogP contribution in [0.15, 0.2) is 44.4 Å². The van der Waals surface area contributed by atoms with Gasteiger partial charge in [-0.3, -0.25) is 4.18 Å². The van der Waals surface area contributed by atoms with Gasteiger partial charge in [-0.2, -0.15) is 8.42 Å². The summed E-state index contributed by atoms with van der Waals surface area (Å²) < 4.78 is 71.6. The molecular weight excluding hydrogens is 504 g/mol. The van der Waals surface area contributed by atoms with Crippen molar-refractivity contribution in [2.75, 3.05) is 37.6 Å². The molecule has 0 aliphatic carbocycles. The maximum absolute atomic E-state index is 13.7. The second-order valence-electron chi connectivity index (χ2n) is 7.36. The summed E-state index contributed by atoms with van der Waals surface area (Å²) in [5.74, 6) is 0.660. The van der Waals surface area contributed by atoms with Gasteiger partial charge in [-0.15, -0.1) is 11.3 Å². The predicted octanol–water partition coefficient (Wildman–Crippen LogP) is 3.31. The number of thiophene rings is 1.